The molecule has 35 heavy (non-hydrogen) atoms. The first-order valence-electron chi connectivity index (χ1n) is 10.3. The van der Waals surface area contributed by atoms with Gasteiger partial charge >= 0.3 is 5.97 Å². The Bertz CT molecular complexity index is 1590. The SMILES string of the molecule is COc1ccc([C@@H]2CC(=O)Oc3cc(O)c4c(=O)c(O)c(-c5ccc(O)c(O)c5)oc4c32)c(F)c1. The number of fused-ring (bicyclic) bond motifs is 3. The van der Waals surface area contributed by atoms with E-state index in [-0.39, 0.29) is 46.0 Å². The van der Waals surface area contributed by atoms with Gasteiger partial charge in [-0.3, -0.25) is 9.59 Å². The zero-order valence-electron chi connectivity index (χ0n) is 18.0. The second kappa shape index (κ2) is 7.94. The first kappa shape index (κ1) is 22.1. The van der Waals surface area contributed by atoms with E-state index in [0.717, 1.165) is 24.3 Å². The Morgan fingerprint density at radius 1 is 0.971 bits per heavy atom. The van der Waals surface area contributed by atoms with Crippen molar-refractivity contribution in [1.82, 2.24) is 0 Å². The maximum Gasteiger partial charge on any atom is 0.312 e. The minimum atomic E-state index is -1.00. The van der Waals surface area contributed by atoms with Crippen molar-refractivity contribution in [2.24, 2.45) is 0 Å². The molecule has 1 aromatic heterocycles. The van der Waals surface area contributed by atoms with Gasteiger partial charge in [-0.05, 0) is 29.8 Å². The number of methoxy groups -OCH3 is 1. The van der Waals surface area contributed by atoms with Gasteiger partial charge in [-0.25, -0.2) is 4.39 Å². The number of benzene rings is 3. The number of rotatable bonds is 3. The van der Waals surface area contributed by atoms with E-state index in [1.807, 2.05) is 0 Å². The molecule has 4 N–H and O–H groups in total. The largest absolute Gasteiger partial charge is 0.507 e. The lowest BCUT2D eigenvalue weighted by molar-refractivity contribution is -0.135. The van der Waals surface area contributed by atoms with Crippen LogP contribution in [0.5, 0.6) is 34.5 Å². The molecule has 1 aliphatic rings. The first-order valence-corrected chi connectivity index (χ1v) is 10.3. The predicted molar refractivity (Wildman–Crippen MR) is 120 cm³/mol. The zero-order valence-corrected chi connectivity index (χ0v) is 18.0. The summed E-state index contributed by atoms with van der Waals surface area (Å²) >= 11 is 0. The molecule has 4 aromatic rings. The lowest BCUT2D eigenvalue weighted by atomic mass is 9.84. The Morgan fingerprint density at radius 2 is 1.74 bits per heavy atom. The molecule has 0 saturated carbocycles. The van der Waals surface area contributed by atoms with Crippen LogP contribution in [0.2, 0.25) is 0 Å². The number of carbonyl (C=O) groups is 1. The summed E-state index contributed by atoms with van der Waals surface area (Å²) in [6.07, 6.45) is -0.296. The second-order valence-corrected chi connectivity index (χ2v) is 7.94. The summed E-state index contributed by atoms with van der Waals surface area (Å²) in [6.45, 7) is 0. The standard InChI is InChI=1S/C25H17FO9/c1-33-11-3-4-12(14(26)7-11)13-8-19(30)34-18-9-17(29)21-22(31)23(32)24(35-25(21)20(13)18)10-2-5-15(27)16(28)6-10/h2-7,9,13,27-29,32H,8H2,1H3/t13-/m0/s1. The fourth-order valence-corrected chi connectivity index (χ4v) is 4.22. The van der Waals surface area contributed by atoms with Crippen LogP contribution in [0.25, 0.3) is 22.3 Å². The molecule has 0 unspecified atom stereocenters. The number of carbonyl (C=O) groups excluding carboxylic acids is 1. The van der Waals surface area contributed by atoms with Crippen molar-refractivity contribution in [3.63, 3.8) is 0 Å². The van der Waals surface area contributed by atoms with Crippen LogP contribution < -0.4 is 14.9 Å². The quantitative estimate of drug-likeness (QED) is 0.195. The monoisotopic (exact) mass is 480 g/mol. The summed E-state index contributed by atoms with van der Waals surface area (Å²) in [7, 11) is 1.38. The smallest absolute Gasteiger partial charge is 0.312 e. The molecule has 5 rings (SSSR count). The van der Waals surface area contributed by atoms with Crippen molar-refractivity contribution in [2.45, 2.75) is 12.3 Å². The van der Waals surface area contributed by atoms with Gasteiger partial charge in [0, 0.05) is 29.2 Å². The second-order valence-electron chi connectivity index (χ2n) is 7.94. The maximum absolute atomic E-state index is 15.0. The Labute approximate surface area is 195 Å². The average Bonchev–Trinajstić information content (AvgIpc) is 2.82. The third kappa shape index (κ3) is 3.46. The summed E-state index contributed by atoms with van der Waals surface area (Å²) in [4.78, 5) is 25.4. The van der Waals surface area contributed by atoms with E-state index < -0.39 is 51.5 Å². The van der Waals surface area contributed by atoms with Gasteiger partial charge in [0.05, 0.1) is 13.5 Å². The molecule has 0 radical (unpaired) electrons. The number of esters is 1. The van der Waals surface area contributed by atoms with Gasteiger partial charge in [0.1, 0.15) is 34.0 Å². The van der Waals surface area contributed by atoms with Crippen LogP contribution >= 0.6 is 0 Å². The third-order valence-electron chi connectivity index (χ3n) is 5.89. The molecule has 1 atom stereocenters. The molecule has 9 nitrogen and oxygen atoms in total. The van der Waals surface area contributed by atoms with E-state index in [9.17, 15) is 30.0 Å². The highest BCUT2D eigenvalue weighted by molar-refractivity contribution is 5.94. The van der Waals surface area contributed by atoms with Crippen molar-refractivity contribution in [1.29, 1.82) is 0 Å². The highest BCUT2D eigenvalue weighted by Gasteiger charge is 2.35. The number of hydrogen-bond acceptors (Lipinski definition) is 9. The third-order valence-corrected chi connectivity index (χ3v) is 5.89. The first-order chi connectivity index (χ1) is 16.7. The summed E-state index contributed by atoms with van der Waals surface area (Å²) in [6, 6.07) is 8.59. The number of halogens is 1. The maximum atomic E-state index is 15.0. The van der Waals surface area contributed by atoms with E-state index in [0.29, 0.717) is 0 Å². The normalized spacial score (nSPS) is 15.0. The molecule has 0 amide bonds. The van der Waals surface area contributed by atoms with Crippen LogP contribution in [0.3, 0.4) is 0 Å². The molecular formula is C25H17FO9. The van der Waals surface area contributed by atoms with Gasteiger partial charge in [0.15, 0.2) is 17.3 Å². The summed E-state index contributed by atoms with van der Waals surface area (Å²) in [5.41, 5.74) is -0.995. The summed E-state index contributed by atoms with van der Waals surface area (Å²) < 4.78 is 31.2. The van der Waals surface area contributed by atoms with E-state index >= 15 is 4.39 Å². The Hall–Kier alpha value is -4.73. The van der Waals surface area contributed by atoms with Crippen molar-refractivity contribution < 1.29 is 43.5 Å². The minimum absolute atomic E-state index is 0.0360. The minimum Gasteiger partial charge on any atom is -0.507 e. The van der Waals surface area contributed by atoms with Crippen molar-refractivity contribution >= 4 is 16.9 Å². The van der Waals surface area contributed by atoms with E-state index in [1.165, 1.54) is 25.3 Å². The molecule has 178 valence electrons. The number of ether oxygens (including phenoxy) is 2. The highest BCUT2D eigenvalue weighted by Crippen LogP contribution is 2.48. The van der Waals surface area contributed by atoms with E-state index in [4.69, 9.17) is 13.9 Å². The number of phenolic OH excluding ortho intramolecular Hbond substituents is 3. The van der Waals surface area contributed by atoms with E-state index in [1.54, 1.807) is 0 Å². The summed E-state index contributed by atoms with van der Waals surface area (Å²) in [5.74, 6) is -5.05. The molecule has 2 heterocycles. The highest BCUT2D eigenvalue weighted by atomic mass is 19.1. The van der Waals surface area contributed by atoms with Gasteiger partial charge in [0.2, 0.25) is 11.2 Å². The topological polar surface area (TPSA) is 147 Å². The van der Waals surface area contributed by atoms with Gasteiger partial charge < -0.3 is 34.3 Å². The lowest BCUT2D eigenvalue weighted by Crippen LogP contribution is -2.22. The molecule has 3 aromatic carbocycles. The molecule has 1 aliphatic heterocycles. The fraction of sp³-hybridized carbons (Fsp3) is 0.120. The average molecular weight is 480 g/mol. The number of phenols is 3. The van der Waals surface area contributed by atoms with Crippen LogP contribution in [0.4, 0.5) is 4.39 Å². The fourth-order valence-electron chi connectivity index (χ4n) is 4.22. The zero-order chi connectivity index (χ0) is 25.0. The van der Waals surface area contributed by atoms with Crippen molar-refractivity contribution in [3.05, 3.63) is 69.6 Å². The molecule has 0 fully saturated rings. The van der Waals surface area contributed by atoms with Crippen LogP contribution in [0, 0.1) is 5.82 Å². The van der Waals surface area contributed by atoms with Gasteiger partial charge in [-0.1, -0.05) is 6.07 Å². The van der Waals surface area contributed by atoms with E-state index in [2.05, 4.69) is 0 Å². The molecular weight excluding hydrogens is 463 g/mol. The lowest BCUT2D eigenvalue weighted by Gasteiger charge is -2.26. The van der Waals surface area contributed by atoms with Crippen molar-refractivity contribution in [3.8, 4) is 45.8 Å². The Balaban J connectivity index is 1.84. The predicted octanol–water partition coefficient (Wildman–Crippen LogP) is 3.87. The van der Waals surface area contributed by atoms with Gasteiger partial charge in [-0.2, -0.15) is 0 Å². The molecule has 0 bridgehead atoms. The Morgan fingerprint density at radius 3 is 2.43 bits per heavy atom. The van der Waals surface area contributed by atoms with Gasteiger partial charge in [-0.15, -0.1) is 0 Å². The number of aromatic hydroxyl groups is 4. The molecule has 0 aliphatic carbocycles. The van der Waals surface area contributed by atoms with Crippen LogP contribution in [-0.4, -0.2) is 33.5 Å². The summed E-state index contributed by atoms with van der Waals surface area (Å²) in [5, 5.41) is 40.1. The molecule has 0 spiro atoms. The van der Waals surface area contributed by atoms with Crippen LogP contribution in [-0.2, 0) is 4.79 Å². The van der Waals surface area contributed by atoms with Crippen LogP contribution in [0.15, 0.2) is 51.7 Å². The van der Waals surface area contributed by atoms with Gasteiger partial charge in [0.25, 0.3) is 0 Å². The Kier molecular flexibility index (Phi) is 5.01. The van der Waals surface area contributed by atoms with Crippen LogP contribution in [0.1, 0.15) is 23.5 Å². The number of hydrogen-bond donors (Lipinski definition) is 4. The molecule has 0 saturated heterocycles. The van der Waals surface area contributed by atoms with Crippen molar-refractivity contribution in [2.75, 3.05) is 7.11 Å². The molecule has 10 heteroatoms.